The number of likely N-dealkylation sites (N-methyl/N-ethyl adjacent to an activating group) is 1. The van der Waals surface area contributed by atoms with Crippen LogP contribution >= 0.6 is 0 Å². The number of benzene rings is 1. The lowest BCUT2D eigenvalue weighted by Gasteiger charge is -2.15. The number of anilines is 1. The maximum Gasteiger partial charge on any atom is 0.255 e. The lowest BCUT2D eigenvalue weighted by atomic mass is 10.1. The van der Waals surface area contributed by atoms with E-state index >= 15 is 0 Å². The van der Waals surface area contributed by atoms with Gasteiger partial charge in [0.1, 0.15) is 23.5 Å². The number of amides is 1. The predicted octanol–water partition coefficient (Wildman–Crippen LogP) is 2.58. The summed E-state index contributed by atoms with van der Waals surface area (Å²) in [6, 6.07) is 10.4. The Morgan fingerprint density at radius 3 is 2.73 bits per heavy atom. The number of likely N-dealkylation sites (tertiary alicyclic amines) is 1. The molecule has 2 atom stereocenters. The fraction of sp³-hybridized carbons (Fsp3) is 0.348. The first-order valence-electron chi connectivity index (χ1n) is 10.1. The third kappa shape index (κ3) is 3.51. The van der Waals surface area contributed by atoms with Crippen molar-refractivity contribution in [2.24, 2.45) is 0 Å². The molecule has 7 heteroatoms. The van der Waals surface area contributed by atoms with Crippen LogP contribution in [0.25, 0.3) is 11.0 Å². The number of nitrogens with one attached hydrogen (secondary N) is 1. The summed E-state index contributed by atoms with van der Waals surface area (Å²) in [5.74, 6) is 6.20. The molecule has 3 aromatic rings. The number of carbonyl (C=O) groups is 1. The van der Waals surface area contributed by atoms with Crippen LogP contribution in [0.3, 0.4) is 0 Å². The number of nitrogens with two attached hydrogens (primary N) is 1. The van der Waals surface area contributed by atoms with Gasteiger partial charge in [0.2, 0.25) is 0 Å². The van der Waals surface area contributed by atoms with E-state index in [-0.39, 0.29) is 11.9 Å². The Kier molecular flexibility index (Phi) is 5.42. The molecule has 0 spiro atoms. The van der Waals surface area contributed by atoms with Crippen LogP contribution in [-0.4, -0.2) is 45.0 Å². The van der Waals surface area contributed by atoms with Gasteiger partial charge >= 0.3 is 0 Å². The number of nitrogen functional groups attached to an aromatic ring is 1. The van der Waals surface area contributed by atoms with Crippen molar-refractivity contribution in [1.82, 2.24) is 24.8 Å². The van der Waals surface area contributed by atoms with Crippen LogP contribution in [0.4, 0.5) is 5.82 Å². The van der Waals surface area contributed by atoms with Gasteiger partial charge in [0.25, 0.3) is 5.91 Å². The predicted molar refractivity (Wildman–Crippen MR) is 118 cm³/mol. The number of rotatable bonds is 4. The number of aromatic nitrogens is 3. The second-order valence-electron chi connectivity index (χ2n) is 7.77. The molecule has 30 heavy (non-hydrogen) atoms. The summed E-state index contributed by atoms with van der Waals surface area (Å²) in [6.07, 6.45) is 2.40. The van der Waals surface area contributed by atoms with Crippen molar-refractivity contribution in [3.05, 3.63) is 53.5 Å². The van der Waals surface area contributed by atoms with Gasteiger partial charge in [-0.3, -0.25) is 4.79 Å². The molecule has 2 unspecified atom stereocenters. The second-order valence-corrected chi connectivity index (χ2v) is 7.77. The molecule has 3 heterocycles. The minimum Gasteiger partial charge on any atom is -0.383 e. The molecule has 0 bridgehead atoms. The lowest BCUT2D eigenvalue weighted by molar-refractivity contribution is 0.0952. The molecule has 4 rings (SSSR count). The highest BCUT2D eigenvalue weighted by Crippen LogP contribution is 2.35. The molecule has 1 aliphatic heterocycles. The van der Waals surface area contributed by atoms with Crippen molar-refractivity contribution in [2.45, 2.75) is 38.9 Å². The van der Waals surface area contributed by atoms with Crippen LogP contribution in [0.2, 0.25) is 0 Å². The summed E-state index contributed by atoms with van der Waals surface area (Å²) in [6.45, 7) is 5.25. The van der Waals surface area contributed by atoms with E-state index in [1.165, 1.54) is 6.33 Å². The van der Waals surface area contributed by atoms with Crippen molar-refractivity contribution in [3.63, 3.8) is 0 Å². The minimum atomic E-state index is -0.221. The van der Waals surface area contributed by atoms with Crippen molar-refractivity contribution in [3.8, 4) is 11.8 Å². The molecule has 1 aromatic carbocycles. The zero-order valence-electron chi connectivity index (χ0n) is 17.5. The van der Waals surface area contributed by atoms with Crippen LogP contribution in [0.15, 0.2) is 36.7 Å². The monoisotopic (exact) mass is 402 g/mol. The molecule has 7 nitrogen and oxygen atoms in total. The average molecular weight is 403 g/mol. The van der Waals surface area contributed by atoms with E-state index in [4.69, 9.17) is 5.73 Å². The second kappa shape index (κ2) is 8.17. The number of carbonyl (C=O) groups excluding carboxylic acids is 1. The fourth-order valence-electron chi connectivity index (χ4n) is 4.19. The van der Waals surface area contributed by atoms with Crippen LogP contribution in [0.5, 0.6) is 0 Å². The first-order valence-corrected chi connectivity index (χ1v) is 10.1. The SMILES string of the molecule is CC#Cc1c(C(=O)NCc2ccccc2)c2c(N)ncnc2n1C1CC(C)N(C)C1. The Labute approximate surface area is 176 Å². The van der Waals surface area contributed by atoms with Gasteiger partial charge in [-0.05, 0) is 38.8 Å². The molecular weight excluding hydrogens is 376 g/mol. The van der Waals surface area contributed by atoms with Crippen LogP contribution in [-0.2, 0) is 6.54 Å². The zero-order valence-corrected chi connectivity index (χ0v) is 17.5. The molecule has 0 aliphatic carbocycles. The molecule has 2 aromatic heterocycles. The highest BCUT2D eigenvalue weighted by Gasteiger charge is 2.33. The van der Waals surface area contributed by atoms with Crippen molar-refractivity contribution >= 4 is 22.8 Å². The summed E-state index contributed by atoms with van der Waals surface area (Å²) < 4.78 is 2.08. The Bertz CT molecular complexity index is 1130. The van der Waals surface area contributed by atoms with E-state index < -0.39 is 0 Å². The molecule has 1 amide bonds. The molecule has 3 N–H and O–H groups in total. The van der Waals surface area contributed by atoms with Crippen LogP contribution < -0.4 is 11.1 Å². The highest BCUT2D eigenvalue weighted by atomic mass is 16.1. The molecule has 1 fully saturated rings. The van der Waals surface area contributed by atoms with Crippen LogP contribution in [0, 0.1) is 11.8 Å². The van der Waals surface area contributed by atoms with Crippen molar-refractivity contribution in [2.75, 3.05) is 19.3 Å². The molecule has 0 radical (unpaired) electrons. The summed E-state index contributed by atoms with van der Waals surface area (Å²) in [7, 11) is 2.11. The normalized spacial score (nSPS) is 18.9. The van der Waals surface area contributed by atoms with E-state index in [1.807, 2.05) is 30.3 Å². The Morgan fingerprint density at radius 1 is 1.30 bits per heavy atom. The van der Waals surface area contributed by atoms with E-state index in [2.05, 4.69) is 50.6 Å². The largest absolute Gasteiger partial charge is 0.383 e. The fourth-order valence-corrected chi connectivity index (χ4v) is 4.19. The number of nitrogens with zero attached hydrogens (tertiary/aromatic N) is 4. The van der Waals surface area contributed by atoms with Gasteiger partial charge in [0.15, 0.2) is 0 Å². The van der Waals surface area contributed by atoms with Gasteiger partial charge in [-0.1, -0.05) is 36.3 Å². The summed E-state index contributed by atoms with van der Waals surface area (Å²) >= 11 is 0. The summed E-state index contributed by atoms with van der Waals surface area (Å²) in [5, 5.41) is 3.59. The summed E-state index contributed by atoms with van der Waals surface area (Å²) in [5.41, 5.74) is 9.02. The molecule has 154 valence electrons. The van der Waals surface area contributed by atoms with E-state index in [1.54, 1.807) is 6.92 Å². The van der Waals surface area contributed by atoms with Crippen LogP contribution in [0.1, 0.15) is 47.9 Å². The first-order chi connectivity index (χ1) is 14.5. The Balaban J connectivity index is 1.82. The Hall–Kier alpha value is -3.37. The summed E-state index contributed by atoms with van der Waals surface area (Å²) in [4.78, 5) is 24.3. The molecular formula is C23H26N6O. The molecule has 1 aliphatic rings. The van der Waals surface area contributed by atoms with Gasteiger partial charge < -0.3 is 20.5 Å². The van der Waals surface area contributed by atoms with E-state index in [0.29, 0.717) is 40.7 Å². The van der Waals surface area contributed by atoms with E-state index in [9.17, 15) is 4.79 Å². The number of fused-ring (bicyclic) bond motifs is 1. The van der Waals surface area contributed by atoms with Gasteiger partial charge in [-0.25, -0.2) is 9.97 Å². The van der Waals surface area contributed by atoms with E-state index in [0.717, 1.165) is 18.5 Å². The number of hydrogen-bond acceptors (Lipinski definition) is 5. The lowest BCUT2D eigenvalue weighted by Crippen LogP contribution is -2.24. The third-order valence-corrected chi connectivity index (χ3v) is 5.81. The minimum absolute atomic E-state index is 0.160. The van der Waals surface area contributed by atoms with Gasteiger partial charge in [-0.15, -0.1) is 0 Å². The topological polar surface area (TPSA) is 89.1 Å². The average Bonchev–Trinajstić information content (AvgIpc) is 3.24. The zero-order chi connectivity index (χ0) is 21.3. The Morgan fingerprint density at radius 2 is 2.07 bits per heavy atom. The maximum atomic E-state index is 13.3. The third-order valence-electron chi connectivity index (χ3n) is 5.81. The van der Waals surface area contributed by atoms with Crippen molar-refractivity contribution in [1.29, 1.82) is 0 Å². The van der Waals surface area contributed by atoms with Gasteiger partial charge in [0.05, 0.1) is 17.0 Å². The standard InChI is InChI=1S/C23H26N6O/c1-4-8-18-19(23(30)25-12-16-9-6-5-7-10-16)20-21(24)26-14-27-22(20)29(18)17-11-15(2)28(3)13-17/h5-7,9-10,14-15,17H,11-13H2,1-3H3,(H,25,30)(H2,24,26,27). The smallest absolute Gasteiger partial charge is 0.255 e. The quantitative estimate of drug-likeness (QED) is 0.655. The molecule has 1 saturated heterocycles. The first kappa shape index (κ1) is 19.9. The number of hydrogen-bond donors (Lipinski definition) is 2. The van der Waals surface area contributed by atoms with Crippen molar-refractivity contribution < 1.29 is 4.79 Å². The van der Waals surface area contributed by atoms with Gasteiger partial charge in [0, 0.05) is 19.1 Å². The maximum absolute atomic E-state index is 13.3. The highest BCUT2D eigenvalue weighted by molar-refractivity contribution is 6.11. The molecule has 0 saturated carbocycles. The van der Waals surface area contributed by atoms with Gasteiger partial charge in [-0.2, -0.15) is 0 Å².